The van der Waals surface area contributed by atoms with Gasteiger partial charge in [-0.05, 0) is 51.9 Å². The minimum absolute atomic E-state index is 0. The third-order valence-electron chi connectivity index (χ3n) is 4.36. The predicted molar refractivity (Wildman–Crippen MR) is 103 cm³/mol. The Hall–Kier alpha value is -1.50. The molecule has 3 rings (SSSR count). The summed E-state index contributed by atoms with van der Waals surface area (Å²) in [5.41, 5.74) is 2.76. The molecule has 1 aromatic carbocycles. The average Bonchev–Trinajstić information content (AvgIpc) is 2.92. The minimum atomic E-state index is 0. The van der Waals surface area contributed by atoms with Crippen molar-refractivity contribution in [3.63, 3.8) is 0 Å². The average molecular weight is 382 g/mol. The van der Waals surface area contributed by atoms with E-state index in [1.54, 1.807) is 11.8 Å². The second kappa shape index (κ2) is 9.27. The van der Waals surface area contributed by atoms with E-state index in [-0.39, 0.29) is 24.4 Å². The van der Waals surface area contributed by atoms with Crippen LogP contribution < -0.4 is 10.6 Å². The van der Waals surface area contributed by atoms with Gasteiger partial charge < -0.3 is 15.2 Å². The van der Waals surface area contributed by atoms with Crippen LogP contribution in [0.1, 0.15) is 40.2 Å². The Bertz CT molecular complexity index is 695. The van der Waals surface area contributed by atoms with E-state index in [1.807, 2.05) is 38.1 Å². The fraction of sp³-hybridized carbons (Fsp3) is 0.444. The summed E-state index contributed by atoms with van der Waals surface area (Å²) in [4.78, 5) is 13.6. The number of aryl methyl sites for hydroxylation is 2. The Morgan fingerprint density at radius 2 is 2.04 bits per heavy atom. The maximum atomic E-state index is 12.7. The molecule has 25 heavy (non-hydrogen) atoms. The van der Waals surface area contributed by atoms with Crippen molar-refractivity contribution in [3.05, 3.63) is 46.8 Å². The number of nitrogens with zero attached hydrogens (tertiary/aromatic N) is 1. The molecule has 2 N–H and O–H groups in total. The third kappa shape index (κ3) is 5.00. The number of nitrogens with one attached hydrogen (secondary N) is 2. The molecule has 136 valence electrons. The quantitative estimate of drug-likeness (QED) is 0.776. The van der Waals surface area contributed by atoms with Gasteiger partial charge in [0.15, 0.2) is 0 Å². The van der Waals surface area contributed by atoms with E-state index < -0.39 is 0 Å². The molecular weight excluding hydrogens is 358 g/mol. The number of carbonyl (C=O) groups is 1. The first-order valence-electron chi connectivity index (χ1n) is 8.30. The molecule has 1 saturated heterocycles. The summed E-state index contributed by atoms with van der Waals surface area (Å²) in [6.07, 6.45) is 1.97. The third-order valence-corrected chi connectivity index (χ3v) is 5.46. The van der Waals surface area contributed by atoms with E-state index in [0.29, 0.717) is 0 Å². The fourth-order valence-corrected chi connectivity index (χ4v) is 4.07. The van der Waals surface area contributed by atoms with Gasteiger partial charge >= 0.3 is 0 Å². The number of amides is 1. The minimum Gasteiger partial charge on any atom is -0.361 e. The van der Waals surface area contributed by atoms with Gasteiger partial charge in [-0.2, -0.15) is 0 Å². The summed E-state index contributed by atoms with van der Waals surface area (Å²) in [6, 6.07) is 8.04. The first-order chi connectivity index (χ1) is 11.6. The number of halogens is 1. The summed E-state index contributed by atoms with van der Waals surface area (Å²) < 4.78 is 5.21. The van der Waals surface area contributed by atoms with Crippen LogP contribution in [-0.4, -0.2) is 30.2 Å². The van der Waals surface area contributed by atoms with Gasteiger partial charge in [0.05, 0.1) is 11.3 Å². The highest BCUT2D eigenvalue weighted by Crippen LogP contribution is 2.29. The second-order valence-electron chi connectivity index (χ2n) is 6.09. The van der Waals surface area contributed by atoms with Crippen LogP contribution in [0.5, 0.6) is 0 Å². The van der Waals surface area contributed by atoms with Crippen molar-refractivity contribution in [2.24, 2.45) is 0 Å². The van der Waals surface area contributed by atoms with Gasteiger partial charge in [-0.25, -0.2) is 0 Å². The Labute approximate surface area is 158 Å². The number of rotatable bonds is 5. The summed E-state index contributed by atoms with van der Waals surface area (Å²) in [5, 5.41) is 10.5. The van der Waals surface area contributed by atoms with Crippen molar-refractivity contribution >= 4 is 30.1 Å². The zero-order chi connectivity index (χ0) is 16.9. The molecule has 0 spiro atoms. The summed E-state index contributed by atoms with van der Waals surface area (Å²) in [7, 11) is 0. The summed E-state index contributed by atoms with van der Waals surface area (Å²) in [5.74, 6) is 1.61. The molecule has 0 radical (unpaired) electrons. The van der Waals surface area contributed by atoms with Crippen molar-refractivity contribution in [1.29, 1.82) is 0 Å². The van der Waals surface area contributed by atoms with Crippen LogP contribution in [-0.2, 0) is 5.75 Å². The highest BCUT2D eigenvalue weighted by molar-refractivity contribution is 7.98. The van der Waals surface area contributed by atoms with Crippen LogP contribution in [0, 0.1) is 13.8 Å². The van der Waals surface area contributed by atoms with Crippen molar-refractivity contribution < 1.29 is 9.32 Å². The van der Waals surface area contributed by atoms with E-state index in [0.717, 1.165) is 59.2 Å². The van der Waals surface area contributed by atoms with Crippen molar-refractivity contribution in [2.45, 2.75) is 43.4 Å². The molecule has 5 nitrogen and oxygen atoms in total. The van der Waals surface area contributed by atoms with Crippen LogP contribution in [0.2, 0.25) is 0 Å². The number of piperidine rings is 1. The van der Waals surface area contributed by atoms with Gasteiger partial charge in [-0.3, -0.25) is 4.79 Å². The zero-order valence-corrected chi connectivity index (χ0v) is 16.1. The number of carbonyl (C=O) groups excluding carboxylic acids is 1. The molecule has 0 bridgehead atoms. The Balaban J connectivity index is 0.00000225. The molecule has 2 aromatic rings. The lowest BCUT2D eigenvalue weighted by Crippen LogP contribution is -2.42. The lowest BCUT2D eigenvalue weighted by Gasteiger charge is -2.24. The van der Waals surface area contributed by atoms with E-state index in [1.165, 1.54) is 0 Å². The van der Waals surface area contributed by atoms with Gasteiger partial charge in [0.1, 0.15) is 5.76 Å². The van der Waals surface area contributed by atoms with Crippen LogP contribution in [0.15, 0.2) is 33.7 Å². The Kier molecular flexibility index (Phi) is 7.35. The van der Waals surface area contributed by atoms with E-state index in [2.05, 4.69) is 15.8 Å². The van der Waals surface area contributed by atoms with E-state index in [9.17, 15) is 4.79 Å². The largest absolute Gasteiger partial charge is 0.361 e. The number of thioether (sulfide) groups is 1. The maximum absolute atomic E-state index is 12.7. The van der Waals surface area contributed by atoms with Crippen molar-refractivity contribution in [3.8, 4) is 0 Å². The van der Waals surface area contributed by atoms with Gasteiger partial charge in [0.2, 0.25) is 0 Å². The fourth-order valence-electron chi connectivity index (χ4n) is 2.87. The SMILES string of the molecule is Cc1noc(C)c1CSc1ccccc1C(=O)NC1CCNCC1.Cl. The van der Waals surface area contributed by atoms with Crippen LogP contribution in [0.4, 0.5) is 0 Å². The van der Waals surface area contributed by atoms with E-state index >= 15 is 0 Å². The predicted octanol–water partition coefficient (Wildman–Crippen LogP) is 3.49. The molecule has 1 aliphatic heterocycles. The van der Waals surface area contributed by atoms with Crippen LogP contribution >= 0.6 is 24.2 Å². The maximum Gasteiger partial charge on any atom is 0.252 e. The Morgan fingerprint density at radius 3 is 2.72 bits per heavy atom. The molecule has 1 amide bonds. The van der Waals surface area contributed by atoms with Gasteiger partial charge in [0, 0.05) is 22.3 Å². The van der Waals surface area contributed by atoms with E-state index in [4.69, 9.17) is 4.52 Å². The number of benzene rings is 1. The normalized spacial score (nSPS) is 14.8. The second-order valence-corrected chi connectivity index (χ2v) is 7.10. The van der Waals surface area contributed by atoms with Gasteiger partial charge in [-0.15, -0.1) is 24.2 Å². The number of aromatic nitrogens is 1. The standard InChI is InChI=1S/C18H23N3O2S.ClH/c1-12-16(13(2)23-21-12)11-24-17-6-4-3-5-15(17)18(22)20-14-7-9-19-10-8-14;/h3-6,14,19H,7-11H2,1-2H3,(H,20,22);1H. The molecule has 0 unspecified atom stereocenters. The zero-order valence-electron chi connectivity index (χ0n) is 14.5. The van der Waals surface area contributed by atoms with Gasteiger partial charge in [0.25, 0.3) is 5.91 Å². The monoisotopic (exact) mass is 381 g/mol. The molecule has 0 saturated carbocycles. The smallest absolute Gasteiger partial charge is 0.252 e. The number of hydrogen-bond acceptors (Lipinski definition) is 5. The Morgan fingerprint density at radius 1 is 1.32 bits per heavy atom. The molecule has 2 heterocycles. The van der Waals surface area contributed by atoms with Crippen molar-refractivity contribution in [2.75, 3.05) is 13.1 Å². The van der Waals surface area contributed by atoms with Gasteiger partial charge in [-0.1, -0.05) is 17.3 Å². The number of hydrogen-bond donors (Lipinski definition) is 2. The molecule has 1 aliphatic rings. The van der Waals surface area contributed by atoms with Crippen LogP contribution in [0.3, 0.4) is 0 Å². The summed E-state index contributed by atoms with van der Waals surface area (Å²) in [6.45, 7) is 5.80. The topological polar surface area (TPSA) is 67.2 Å². The van der Waals surface area contributed by atoms with Crippen LogP contribution in [0.25, 0.3) is 0 Å². The lowest BCUT2D eigenvalue weighted by molar-refractivity contribution is 0.0926. The molecule has 1 fully saturated rings. The first kappa shape index (κ1) is 19.8. The van der Waals surface area contributed by atoms with Crippen molar-refractivity contribution in [1.82, 2.24) is 15.8 Å². The molecular formula is C18H24ClN3O2S. The lowest BCUT2D eigenvalue weighted by atomic mass is 10.1. The summed E-state index contributed by atoms with van der Waals surface area (Å²) >= 11 is 1.65. The molecule has 1 aromatic heterocycles. The highest BCUT2D eigenvalue weighted by atomic mass is 35.5. The molecule has 0 aliphatic carbocycles. The molecule has 7 heteroatoms. The molecule has 0 atom stereocenters. The first-order valence-corrected chi connectivity index (χ1v) is 9.29. The highest BCUT2D eigenvalue weighted by Gasteiger charge is 2.19.